The molecule has 0 aliphatic carbocycles. The van der Waals surface area contributed by atoms with Crippen molar-refractivity contribution in [1.82, 2.24) is 26.6 Å². The Bertz CT molecular complexity index is 1600. The Morgan fingerprint density at radius 2 is 0.889 bits per heavy atom. The SMILES string of the molecule is CC(C)C[C@H](NC(=O)[C@H](CCC(=O)O)NC(=O)[C@H](CCC(=O)O)NC(=O)[C@H](CC(C)C)NC(=O)[C@H](Cc1ccccc1)NC(=O)c1ccccc1)C(=O)O. The Balaban J connectivity index is 2.35. The molecule has 2 rings (SSSR count). The van der Waals surface area contributed by atoms with Crippen LogP contribution in [0.2, 0.25) is 0 Å². The number of carboxylic acids is 3. The first-order chi connectivity index (χ1) is 25.5. The fraction of sp³-hybridized carbons (Fsp3) is 0.474. The molecule has 0 fully saturated rings. The summed E-state index contributed by atoms with van der Waals surface area (Å²) >= 11 is 0. The maximum absolute atomic E-state index is 13.8. The molecular weight excluding hydrogens is 702 g/mol. The molecule has 0 heterocycles. The van der Waals surface area contributed by atoms with E-state index < -0.39 is 103 Å². The van der Waals surface area contributed by atoms with Gasteiger partial charge in [0.1, 0.15) is 30.2 Å². The molecule has 2 aromatic carbocycles. The summed E-state index contributed by atoms with van der Waals surface area (Å²) < 4.78 is 0. The van der Waals surface area contributed by atoms with Crippen molar-refractivity contribution in [2.45, 2.75) is 103 Å². The minimum atomic E-state index is -1.57. The number of hydrogen-bond donors (Lipinski definition) is 8. The van der Waals surface area contributed by atoms with E-state index in [1.807, 2.05) is 0 Å². The van der Waals surface area contributed by atoms with Gasteiger partial charge >= 0.3 is 17.9 Å². The van der Waals surface area contributed by atoms with Gasteiger partial charge in [0, 0.05) is 24.8 Å². The van der Waals surface area contributed by atoms with Crippen molar-refractivity contribution in [2.24, 2.45) is 11.8 Å². The highest BCUT2D eigenvalue weighted by Crippen LogP contribution is 2.12. The van der Waals surface area contributed by atoms with Crippen molar-refractivity contribution in [1.29, 1.82) is 0 Å². The first-order valence-corrected chi connectivity index (χ1v) is 17.7. The number of hydrogen-bond acceptors (Lipinski definition) is 8. The lowest BCUT2D eigenvalue weighted by atomic mass is 10.00. The number of carboxylic acid groups (broad SMARTS) is 3. The smallest absolute Gasteiger partial charge is 0.326 e. The van der Waals surface area contributed by atoms with Gasteiger partial charge in [-0.1, -0.05) is 76.2 Å². The molecule has 0 aliphatic rings. The second-order valence-electron chi connectivity index (χ2n) is 13.8. The van der Waals surface area contributed by atoms with Crippen molar-refractivity contribution >= 4 is 47.4 Å². The normalized spacial score (nSPS) is 13.7. The lowest BCUT2D eigenvalue weighted by Gasteiger charge is -2.27. The van der Waals surface area contributed by atoms with Crippen molar-refractivity contribution in [3.05, 3.63) is 71.8 Å². The van der Waals surface area contributed by atoms with Crippen molar-refractivity contribution < 1.29 is 53.7 Å². The predicted octanol–water partition coefficient (Wildman–Crippen LogP) is 1.87. The molecule has 0 unspecified atom stereocenters. The summed E-state index contributed by atoms with van der Waals surface area (Å²) in [5.74, 6) is -8.33. The molecule has 16 nitrogen and oxygen atoms in total. The zero-order chi connectivity index (χ0) is 40.4. The minimum absolute atomic E-state index is 0.0447. The predicted molar refractivity (Wildman–Crippen MR) is 196 cm³/mol. The van der Waals surface area contributed by atoms with E-state index >= 15 is 0 Å². The highest BCUT2D eigenvalue weighted by molar-refractivity contribution is 5.99. The maximum Gasteiger partial charge on any atom is 0.326 e. The lowest BCUT2D eigenvalue weighted by Crippen LogP contribution is -2.59. The quantitative estimate of drug-likeness (QED) is 0.0813. The maximum atomic E-state index is 13.8. The average molecular weight is 754 g/mol. The second kappa shape index (κ2) is 22.3. The molecule has 294 valence electrons. The van der Waals surface area contributed by atoms with Crippen LogP contribution in [0.25, 0.3) is 0 Å². The van der Waals surface area contributed by atoms with Gasteiger partial charge in [0.2, 0.25) is 23.6 Å². The third kappa shape index (κ3) is 16.3. The van der Waals surface area contributed by atoms with Crippen LogP contribution in [0.15, 0.2) is 60.7 Å². The van der Waals surface area contributed by atoms with Gasteiger partial charge in [0.25, 0.3) is 5.91 Å². The molecule has 0 aliphatic heterocycles. The summed E-state index contributed by atoms with van der Waals surface area (Å²) in [6.45, 7) is 7.05. The van der Waals surface area contributed by atoms with E-state index in [1.54, 1.807) is 88.4 Å². The molecule has 5 atom stereocenters. The largest absolute Gasteiger partial charge is 0.481 e. The molecular formula is C38H51N5O11. The van der Waals surface area contributed by atoms with Gasteiger partial charge < -0.3 is 41.9 Å². The number of carbonyl (C=O) groups is 8. The summed E-state index contributed by atoms with van der Waals surface area (Å²) in [6.07, 6.45) is -1.87. The van der Waals surface area contributed by atoms with Crippen LogP contribution in [0.4, 0.5) is 0 Å². The van der Waals surface area contributed by atoms with Gasteiger partial charge in [-0.2, -0.15) is 0 Å². The van der Waals surface area contributed by atoms with Crippen molar-refractivity contribution in [3.8, 4) is 0 Å². The summed E-state index contributed by atoms with van der Waals surface area (Å²) in [7, 11) is 0. The Morgan fingerprint density at radius 3 is 1.33 bits per heavy atom. The van der Waals surface area contributed by atoms with E-state index in [-0.39, 0.29) is 31.1 Å². The van der Waals surface area contributed by atoms with Crippen LogP contribution in [0.3, 0.4) is 0 Å². The third-order valence-electron chi connectivity index (χ3n) is 8.16. The molecule has 2 aromatic rings. The number of rotatable bonds is 23. The van der Waals surface area contributed by atoms with E-state index in [1.165, 1.54) is 0 Å². The summed E-state index contributed by atoms with van der Waals surface area (Å²) in [4.78, 5) is 102. The zero-order valence-electron chi connectivity index (χ0n) is 30.9. The van der Waals surface area contributed by atoms with Crippen LogP contribution in [-0.4, -0.2) is 93.0 Å². The molecule has 0 saturated heterocycles. The van der Waals surface area contributed by atoms with Crippen LogP contribution in [0.5, 0.6) is 0 Å². The Kier molecular flexibility index (Phi) is 18.3. The molecule has 0 saturated carbocycles. The fourth-order valence-electron chi connectivity index (χ4n) is 5.45. The third-order valence-corrected chi connectivity index (χ3v) is 8.16. The lowest BCUT2D eigenvalue weighted by molar-refractivity contribution is -0.143. The number of aliphatic carboxylic acids is 3. The molecule has 16 heteroatoms. The van der Waals surface area contributed by atoms with E-state index in [0.717, 1.165) is 5.56 Å². The van der Waals surface area contributed by atoms with E-state index in [9.17, 15) is 53.7 Å². The van der Waals surface area contributed by atoms with Crippen LogP contribution in [0.1, 0.15) is 82.1 Å². The Hall–Kier alpha value is -5.80. The summed E-state index contributed by atoms with van der Waals surface area (Å²) in [6, 6.07) is 10.3. The molecule has 8 N–H and O–H groups in total. The molecule has 54 heavy (non-hydrogen) atoms. The topological polar surface area (TPSA) is 257 Å². The van der Waals surface area contributed by atoms with Gasteiger partial charge in [-0.3, -0.25) is 33.6 Å². The Morgan fingerprint density at radius 1 is 0.500 bits per heavy atom. The monoisotopic (exact) mass is 753 g/mol. The van der Waals surface area contributed by atoms with E-state index in [2.05, 4.69) is 26.6 Å². The molecule has 0 aromatic heterocycles. The van der Waals surface area contributed by atoms with Gasteiger partial charge in [-0.25, -0.2) is 4.79 Å². The van der Waals surface area contributed by atoms with Crippen LogP contribution < -0.4 is 26.6 Å². The average Bonchev–Trinajstić information content (AvgIpc) is 3.10. The van der Waals surface area contributed by atoms with Crippen LogP contribution in [0, 0.1) is 11.8 Å². The van der Waals surface area contributed by atoms with Gasteiger partial charge in [0.05, 0.1) is 0 Å². The number of carbonyl (C=O) groups excluding carboxylic acids is 5. The molecule has 0 bridgehead atoms. The van der Waals surface area contributed by atoms with Crippen molar-refractivity contribution in [2.75, 3.05) is 0 Å². The Labute approximate surface area is 313 Å². The first kappa shape index (κ1) is 44.4. The first-order valence-electron chi connectivity index (χ1n) is 17.7. The van der Waals surface area contributed by atoms with Crippen LogP contribution in [-0.2, 0) is 40.0 Å². The molecule has 0 radical (unpaired) electrons. The van der Waals surface area contributed by atoms with Gasteiger partial charge in [0.15, 0.2) is 0 Å². The highest BCUT2D eigenvalue weighted by atomic mass is 16.4. The van der Waals surface area contributed by atoms with Crippen LogP contribution >= 0.6 is 0 Å². The number of amides is 5. The van der Waals surface area contributed by atoms with Crippen molar-refractivity contribution in [3.63, 3.8) is 0 Å². The standard InChI is InChI=1S/C38H51N5O11/c1-22(2)19-28(42-37(52)29(21-24-11-7-5-8-12-24)41-33(48)25-13-9-6-10-14-25)36(51)40-26(15-17-31(44)45)34(49)39-27(16-18-32(46)47)35(50)43-30(38(53)54)20-23(3)4/h5-14,22-23,26-30H,15-21H2,1-4H3,(H,39,49)(H,40,51)(H,41,48)(H,42,52)(H,43,50)(H,44,45)(H,46,47)(H,53,54)/t26-,27-,28-,29-,30-/m0/s1. The highest BCUT2D eigenvalue weighted by Gasteiger charge is 2.33. The minimum Gasteiger partial charge on any atom is -0.481 e. The van der Waals surface area contributed by atoms with E-state index in [0.29, 0.717) is 5.56 Å². The van der Waals surface area contributed by atoms with Gasteiger partial charge in [-0.05, 0) is 55.2 Å². The number of benzene rings is 2. The molecule has 5 amide bonds. The molecule has 0 spiro atoms. The zero-order valence-corrected chi connectivity index (χ0v) is 30.9. The summed E-state index contributed by atoms with van der Waals surface area (Å²) in [5, 5.41) is 40.8. The number of nitrogens with one attached hydrogen (secondary N) is 5. The van der Waals surface area contributed by atoms with E-state index in [4.69, 9.17) is 0 Å². The fourth-order valence-corrected chi connectivity index (χ4v) is 5.45. The summed E-state index contributed by atoms with van der Waals surface area (Å²) in [5.41, 5.74) is 1.03. The van der Waals surface area contributed by atoms with Gasteiger partial charge in [-0.15, -0.1) is 0 Å². The second-order valence-corrected chi connectivity index (χ2v) is 13.8.